The van der Waals surface area contributed by atoms with Crippen LogP contribution in [-0.4, -0.2) is 15.0 Å². The van der Waals surface area contributed by atoms with Crippen molar-refractivity contribution in [3.63, 3.8) is 0 Å². The molecule has 4 nitrogen and oxygen atoms in total. The average molecular weight is 220 g/mol. The van der Waals surface area contributed by atoms with Crippen LogP contribution < -0.4 is 5.73 Å². The second-order valence-electron chi connectivity index (χ2n) is 4.33. The van der Waals surface area contributed by atoms with Gasteiger partial charge in [0.2, 0.25) is 0 Å². The lowest BCUT2D eigenvalue weighted by Gasteiger charge is -2.09. The van der Waals surface area contributed by atoms with Gasteiger partial charge in [0.05, 0.1) is 17.2 Å². The van der Waals surface area contributed by atoms with Crippen molar-refractivity contribution in [1.29, 1.82) is 0 Å². The Morgan fingerprint density at radius 3 is 2.81 bits per heavy atom. The average Bonchev–Trinajstić information content (AvgIpc) is 2.87. The van der Waals surface area contributed by atoms with E-state index in [1.807, 2.05) is 4.68 Å². The molecule has 0 aliphatic heterocycles. The normalized spacial score (nSPS) is 17.3. The number of nitrogens with zero attached hydrogens (tertiary/aromatic N) is 3. The fraction of sp³-hybridized carbons (Fsp3) is 0.455. The maximum absolute atomic E-state index is 13.4. The summed E-state index contributed by atoms with van der Waals surface area (Å²) in [7, 11) is 0. The van der Waals surface area contributed by atoms with E-state index in [1.165, 1.54) is 18.9 Å². The summed E-state index contributed by atoms with van der Waals surface area (Å²) in [5, 5.41) is 8.14. The first-order valence-corrected chi connectivity index (χ1v) is 5.55. The molecule has 1 aliphatic carbocycles. The molecule has 84 valence electrons. The SMILES string of the molecule is Nc1cc2nnn(C3CCCC3)c2cc1F. The number of anilines is 1. The fourth-order valence-corrected chi connectivity index (χ4v) is 2.39. The molecule has 0 unspecified atom stereocenters. The summed E-state index contributed by atoms with van der Waals surface area (Å²) in [6, 6.07) is 3.35. The van der Waals surface area contributed by atoms with Crippen LogP contribution in [0, 0.1) is 5.82 Å². The quantitative estimate of drug-likeness (QED) is 0.750. The van der Waals surface area contributed by atoms with Crippen molar-refractivity contribution in [1.82, 2.24) is 15.0 Å². The van der Waals surface area contributed by atoms with Gasteiger partial charge in [-0.25, -0.2) is 9.07 Å². The second kappa shape index (κ2) is 3.43. The molecule has 2 N–H and O–H groups in total. The van der Waals surface area contributed by atoms with Gasteiger partial charge in [-0.15, -0.1) is 5.10 Å². The van der Waals surface area contributed by atoms with Crippen molar-refractivity contribution in [3.8, 4) is 0 Å². The molecule has 2 aromatic rings. The summed E-state index contributed by atoms with van der Waals surface area (Å²) in [5.74, 6) is -0.394. The first kappa shape index (κ1) is 9.57. The van der Waals surface area contributed by atoms with E-state index < -0.39 is 5.82 Å². The molecular weight excluding hydrogens is 207 g/mol. The van der Waals surface area contributed by atoms with Crippen molar-refractivity contribution < 1.29 is 4.39 Å². The molecule has 1 aromatic carbocycles. The van der Waals surface area contributed by atoms with Gasteiger partial charge in [0.25, 0.3) is 0 Å². The summed E-state index contributed by atoms with van der Waals surface area (Å²) >= 11 is 0. The predicted octanol–water partition coefficient (Wildman–Crippen LogP) is 2.27. The maximum atomic E-state index is 13.4. The van der Waals surface area contributed by atoms with Crippen LogP contribution in [0.25, 0.3) is 11.0 Å². The number of fused-ring (bicyclic) bond motifs is 1. The standard InChI is InChI=1S/C11H13FN4/c12-8-5-11-10(6-9(8)13)14-15-16(11)7-3-1-2-4-7/h5-7H,1-4,13H2. The van der Waals surface area contributed by atoms with Gasteiger partial charge in [0, 0.05) is 6.07 Å². The number of nitrogens with two attached hydrogens (primary N) is 1. The Morgan fingerprint density at radius 2 is 2.06 bits per heavy atom. The number of aromatic nitrogens is 3. The highest BCUT2D eigenvalue weighted by Crippen LogP contribution is 2.31. The lowest BCUT2D eigenvalue weighted by Crippen LogP contribution is -2.06. The number of nitrogen functional groups attached to an aromatic ring is 1. The van der Waals surface area contributed by atoms with Crippen molar-refractivity contribution in [2.45, 2.75) is 31.7 Å². The Labute approximate surface area is 92.2 Å². The molecule has 1 aromatic heterocycles. The molecule has 0 spiro atoms. The number of benzene rings is 1. The Balaban J connectivity index is 2.15. The van der Waals surface area contributed by atoms with Gasteiger partial charge in [-0.3, -0.25) is 0 Å². The van der Waals surface area contributed by atoms with Gasteiger partial charge < -0.3 is 5.73 Å². The third kappa shape index (κ3) is 1.35. The van der Waals surface area contributed by atoms with E-state index in [1.54, 1.807) is 6.07 Å². The van der Waals surface area contributed by atoms with Gasteiger partial charge in [-0.2, -0.15) is 0 Å². The van der Waals surface area contributed by atoms with Crippen molar-refractivity contribution in [2.75, 3.05) is 5.73 Å². The highest BCUT2D eigenvalue weighted by Gasteiger charge is 2.20. The molecule has 5 heteroatoms. The summed E-state index contributed by atoms with van der Waals surface area (Å²) in [6.07, 6.45) is 4.63. The molecular formula is C11H13FN4. The Hall–Kier alpha value is -1.65. The van der Waals surface area contributed by atoms with Crippen LogP contribution in [0.2, 0.25) is 0 Å². The predicted molar refractivity (Wildman–Crippen MR) is 59.4 cm³/mol. The van der Waals surface area contributed by atoms with Crippen LogP contribution >= 0.6 is 0 Å². The highest BCUT2D eigenvalue weighted by atomic mass is 19.1. The molecule has 1 aliphatic rings. The minimum absolute atomic E-state index is 0.131. The smallest absolute Gasteiger partial charge is 0.148 e. The topological polar surface area (TPSA) is 56.7 Å². The monoisotopic (exact) mass is 220 g/mol. The van der Waals surface area contributed by atoms with E-state index in [9.17, 15) is 4.39 Å². The van der Waals surface area contributed by atoms with E-state index in [0.29, 0.717) is 11.6 Å². The molecule has 1 saturated carbocycles. The van der Waals surface area contributed by atoms with Gasteiger partial charge in [0.1, 0.15) is 11.3 Å². The van der Waals surface area contributed by atoms with Crippen LogP contribution in [0.3, 0.4) is 0 Å². The van der Waals surface area contributed by atoms with Gasteiger partial charge in [0.15, 0.2) is 0 Å². The summed E-state index contributed by atoms with van der Waals surface area (Å²) in [6.45, 7) is 0. The first-order chi connectivity index (χ1) is 7.75. The van der Waals surface area contributed by atoms with Crippen LogP contribution in [0.4, 0.5) is 10.1 Å². The van der Waals surface area contributed by atoms with E-state index in [-0.39, 0.29) is 5.69 Å². The first-order valence-electron chi connectivity index (χ1n) is 5.55. The van der Waals surface area contributed by atoms with Gasteiger partial charge in [-0.1, -0.05) is 18.1 Å². The van der Waals surface area contributed by atoms with Crippen LogP contribution in [0.15, 0.2) is 12.1 Å². The third-order valence-electron chi connectivity index (χ3n) is 3.26. The van der Waals surface area contributed by atoms with E-state index in [4.69, 9.17) is 5.73 Å². The Morgan fingerprint density at radius 1 is 1.31 bits per heavy atom. The largest absolute Gasteiger partial charge is 0.396 e. The zero-order valence-electron chi connectivity index (χ0n) is 8.86. The highest BCUT2D eigenvalue weighted by molar-refractivity contribution is 5.78. The number of hydrogen-bond donors (Lipinski definition) is 1. The summed E-state index contributed by atoms with van der Waals surface area (Å²) < 4.78 is 15.2. The number of halogens is 1. The van der Waals surface area contributed by atoms with Gasteiger partial charge >= 0.3 is 0 Å². The zero-order chi connectivity index (χ0) is 11.1. The third-order valence-corrected chi connectivity index (χ3v) is 3.26. The van der Waals surface area contributed by atoms with E-state index >= 15 is 0 Å². The Bertz CT molecular complexity index is 528. The van der Waals surface area contributed by atoms with Crippen LogP contribution in [-0.2, 0) is 0 Å². The lowest BCUT2D eigenvalue weighted by molar-refractivity contribution is 0.466. The molecule has 1 heterocycles. The molecule has 16 heavy (non-hydrogen) atoms. The second-order valence-corrected chi connectivity index (χ2v) is 4.33. The van der Waals surface area contributed by atoms with Crippen LogP contribution in [0.1, 0.15) is 31.7 Å². The lowest BCUT2D eigenvalue weighted by atomic mass is 10.2. The summed E-state index contributed by atoms with van der Waals surface area (Å²) in [5.41, 5.74) is 7.05. The van der Waals surface area contributed by atoms with Crippen molar-refractivity contribution in [3.05, 3.63) is 17.9 Å². The molecule has 3 rings (SSSR count). The van der Waals surface area contributed by atoms with E-state index in [0.717, 1.165) is 18.4 Å². The minimum atomic E-state index is -0.394. The minimum Gasteiger partial charge on any atom is -0.396 e. The molecule has 0 atom stereocenters. The molecule has 1 fully saturated rings. The fourth-order valence-electron chi connectivity index (χ4n) is 2.39. The molecule has 0 saturated heterocycles. The van der Waals surface area contributed by atoms with E-state index in [2.05, 4.69) is 10.3 Å². The molecule has 0 bridgehead atoms. The maximum Gasteiger partial charge on any atom is 0.148 e. The van der Waals surface area contributed by atoms with Crippen molar-refractivity contribution in [2.24, 2.45) is 0 Å². The number of hydrogen-bond acceptors (Lipinski definition) is 3. The van der Waals surface area contributed by atoms with Crippen molar-refractivity contribution >= 4 is 16.7 Å². The van der Waals surface area contributed by atoms with Crippen LogP contribution in [0.5, 0.6) is 0 Å². The zero-order valence-corrected chi connectivity index (χ0v) is 8.86. The van der Waals surface area contributed by atoms with Gasteiger partial charge in [-0.05, 0) is 18.9 Å². The number of rotatable bonds is 1. The summed E-state index contributed by atoms with van der Waals surface area (Å²) in [4.78, 5) is 0. The Kier molecular flexibility index (Phi) is 2.05. The molecule has 0 amide bonds. The molecule has 0 radical (unpaired) electrons.